The van der Waals surface area contributed by atoms with Gasteiger partial charge in [-0.05, 0) is 6.92 Å². The van der Waals surface area contributed by atoms with Gasteiger partial charge < -0.3 is 19.3 Å². The Morgan fingerprint density at radius 1 is 1.41 bits per heavy atom. The third-order valence-corrected chi connectivity index (χ3v) is 3.90. The molecule has 4 atom stereocenters. The van der Waals surface area contributed by atoms with Gasteiger partial charge in [0.1, 0.15) is 6.10 Å². The largest absolute Gasteiger partial charge is 0.394 e. The van der Waals surface area contributed by atoms with Gasteiger partial charge in [0.2, 0.25) is 0 Å². The van der Waals surface area contributed by atoms with Crippen LogP contribution in [0, 0.1) is 12.8 Å². The molecule has 2 unspecified atom stereocenters. The molecule has 2 heterocycles. The second-order valence-electron chi connectivity index (χ2n) is 5.41. The Hall–Kier alpha value is -1.48. The molecule has 0 radical (unpaired) electrons. The number of aromatic amines is 1. The topological polar surface area (TPSA) is 103 Å². The molecule has 1 aliphatic rings. The van der Waals surface area contributed by atoms with Gasteiger partial charge in [0.25, 0.3) is 5.56 Å². The van der Waals surface area contributed by atoms with Crippen molar-refractivity contribution in [2.24, 2.45) is 5.92 Å². The SMILES string of the molecule is COCCOC1C(C)[C@@H](CO)O[C@H]1n1cc(C)c(=O)[nH]c1=O. The van der Waals surface area contributed by atoms with Crippen LogP contribution in [0.25, 0.3) is 0 Å². The van der Waals surface area contributed by atoms with E-state index in [0.717, 1.165) is 0 Å². The summed E-state index contributed by atoms with van der Waals surface area (Å²) in [6.07, 6.45) is -0.107. The number of aliphatic hydroxyl groups excluding tert-OH is 1. The number of nitrogens with one attached hydrogen (secondary N) is 1. The van der Waals surface area contributed by atoms with Crippen LogP contribution in [-0.4, -0.2) is 53.8 Å². The molecule has 1 aromatic rings. The van der Waals surface area contributed by atoms with Gasteiger partial charge in [-0.3, -0.25) is 14.3 Å². The van der Waals surface area contributed by atoms with Crippen LogP contribution in [0.2, 0.25) is 0 Å². The number of aryl methyl sites for hydroxylation is 1. The lowest BCUT2D eigenvalue weighted by molar-refractivity contribution is -0.0794. The van der Waals surface area contributed by atoms with Crippen molar-refractivity contribution in [3.63, 3.8) is 0 Å². The van der Waals surface area contributed by atoms with Crippen LogP contribution in [0.4, 0.5) is 0 Å². The van der Waals surface area contributed by atoms with E-state index in [-0.39, 0.29) is 12.5 Å². The zero-order valence-corrected chi connectivity index (χ0v) is 12.9. The standard InChI is InChI=1S/C14H22N2O6/c1-8-6-16(14(19)15-12(8)18)13-11(21-5-4-20-3)9(2)10(7-17)22-13/h6,9-11,13,17H,4-5,7H2,1-3H3,(H,15,18,19)/t9?,10-,11?,13-/m1/s1. The summed E-state index contributed by atoms with van der Waals surface area (Å²) in [6, 6.07) is 0. The van der Waals surface area contributed by atoms with Gasteiger partial charge in [-0.2, -0.15) is 0 Å². The molecule has 0 aromatic carbocycles. The molecule has 1 saturated heterocycles. The van der Waals surface area contributed by atoms with Crippen molar-refractivity contribution in [3.8, 4) is 0 Å². The molecule has 1 fully saturated rings. The Kier molecular flexibility index (Phi) is 5.52. The zero-order valence-electron chi connectivity index (χ0n) is 12.9. The highest BCUT2D eigenvalue weighted by molar-refractivity contribution is 5.03. The molecule has 124 valence electrons. The van der Waals surface area contributed by atoms with E-state index in [9.17, 15) is 14.7 Å². The minimum Gasteiger partial charge on any atom is -0.394 e. The van der Waals surface area contributed by atoms with Crippen LogP contribution in [-0.2, 0) is 14.2 Å². The lowest BCUT2D eigenvalue weighted by Gasteiger charge is -2.23. The van der Waals surface area contributed by atoms with Gasteiger partial charge in [-0.1, -0.05) is 6.92 Å². The van der Waals surface area contributed by atoms with Crippen LogP contribution in [0.3, 0.4) is 0 Å². The quantitative estimate of drug-likeness (QED) is 0.680. The summed E-state index contributed by atoms with van der Waals surface area (Å²) in [6.45, 7) is 4.10. The zero-order chi connectivity index (χ0) is 16.3. The number of aliphatic hydroxyl groups is 1. The highest BCUT2D eigenvalue weighted by Crippen LogP contribution is 2.35. The molecule has 0 spiro atoms. The molecule has 1 aromatic heterocycles. The summed E-state index contributed by atoms with van der Waals surface area (Å²) in [4.78, 5) is 25.8. The lowest BCUT2D eigenvalue weighted by atomic mass is 10.0. The molecule has 0 aliphatic carbocycles. The first-order valence-corrected chi connectivity index (χ1v) is 7.18. The fraction of sp³-hybridized carbons (Fsp3) is 0.714. The van der Waals surface area contributed by atoms with Crippen LogP contribution in [0.5, 0.6) is 0 Å². The van der Waals surface area contributed by atoms with E-state index in [1.54, 1.807) is 14.0 Å². The molecule has 0 amide bonds. The monoisotopic (exact) mass is 314 g/mol. The van der Waals surface area contributed by atoms with Crippen molar-refractivity contribution in [2.75, 3.05) is 26.9 Å². The van der Waals surface area contributed by atoms with Gasteiger partial charge in [-0.25, -0.2) is 4.79 Å². The van der Waals surface area contributed by atoms with Crippen molar-refractivity contribution in [1.29, 1.82) is 0 Å². The number of rotatable bonds is 6. The molecular formula is C14H22N2O6. The summed E-state index contributed by atoms with van der Waals surface area (Å²) in [7, 11) is 1.57. The van der Waals surface area contributed by atoms with Gasteiger partial charge in [0, 0.05) is 24.8 Å². The summed E-state index contributed by atoms with van der Waals surface area (Å²) in [5.41, 5.74) is -0.589. The number of H-pyrrole nitrogens is 1. The molecule has 2 N–H and O–H groups in total. The molecule has 0 saturated carbocycles. The van der Waals surface area contributed by atoms with E-state index in [1.807, 2.05) is 6.92 Å². The summed E-state index contributed by atoms with van der Waals surface area (Å²) in [5.74, 6) is -0.106. The number of methoxy groups -OCH3 is 1. The first kappa shape index (κ1) is 16.9. The highest BCUT2D eigenvalue weighted by Gasteiger charge is 2.43. The summed E-state index contributed by atoms with van der Waals surface area (Å²) < 4.78 is 17.8. The van der Waals surface area contributed by atoms with Crippen LogP contribution in [0.15, 0.2) is 15.8 Å². The molecule has 8 heteroatoms. The van der Waals surface area contributed by atoms with Crippen molar-refractivity contribution >= 4 is 0 Å². The maximum Gasteiger partial charge on any atom is 0.330 e. The fourth-order valence-corrected chi connectivity index (χ4v) is 2.56. The third kappa shape index (κ3) is 3.30. The van der Waals surface area contributed by atoms with Crippen molar-refractivity contribution < 1.29 is 19.3 Å². The normalized spacial score (nSPS) is 28.2. The molecule has 0 bridgehead atoms. The van der Waals surface area contributed by atoms with Crippen molar-refractivity contribution in [2.45, 2.75) is 32.3 Å². The van der Waals surface area contributed by atoms with E-state index in [4.69, 9.17) is 14.2 Å². The second kappa shape index (κ2) is 7.19. The minimum absolute atomic E-state index is 0.106. The van der Waals surface area contributed by atoms with Crippen molar-refractivity contribution in [1.82, 2.24) is 9.55 Å². The number of hydrogen-bond acceptors (Lipinski definition) is 6. The lowest BCUT2D eigenvalue weighted by Crippen LogP contribution is -2.38. The average Bonchev–Trinajstić information content (AvgIpc) is 2.80. The van der Waals surface area contributed by atoms with Crippen LogP contribution in [0.1, 0.15) is 18.7 Å². The average molecular weight is 314 g/mol. The predicted octanol–water partition coefficient (Wildman–Crippen LogP) is -0.598. The molecular weight excluding hydrogens is 292 g/mol. The van der Waals surface area contributed by atoms with E-state index < -0.39 is 29.7 Å². The summed E-state index contributed by atoms with van der Waals surface area (Å²) in [5, 5.41) is 9.41. The minimum atomic E-state index is -0.702. The van der Waals surface area contributed by atoms with E-state index in [2.05, 4.69) is 4.98 Å². The third-order valence-electron chi connectivity index (χ3n) is 3.90. The summed E-state index contributed by atoms with van der Waals surface area (Å²) >= 11 is 0. The first-order valence-electron chi connectivity index (χ1n) is 7.18. The predicted molar refractivity (Wildman–Crippen MR) is 77.8 cm³/mol. The van der Waals surface area contributed by atoms with Gasteiger partial charge in [0.05, 0.1) is 25.9 Å². The van der Waals surface area contributed by atoms with Crippen LogP contribution >= 0.6 is 0 Å². The molecule has 8 nitrogen and oxygen atoms in total. The van der Waals surface area contributed by atoms with Gasteiger partial charge in [-0.15, -0.1) is 0 Å². The number of ether oxygens (including phenoxy) is 3. The Morgan fingerprint density at radius 3 is 2.77 bits per heavy atom. The maximum atomic E-state index is 12.0. The molecule has 2 rings (SSSR count). The number of aromatic nitrogens is 2. The fourth-order valence-electron chi connectivity index (χ4n) is 2.56. The van der Waals surface area contributed by atoms with Crippen molar-refractivity contribution in [3.05, 3.63) is 32.6 Å². The Bertz CT molecular complexity index is 610. The first-order chi connectivity index (χ1) is 10.5. The van der Waals surface area contributed by atoms with E-state index in [0.29, 0.717) is 18.8 Å². The molecule has 1 aliphatic heterocycles. The number of hydrogen-bond donors (Lipinski definition) is 2. The number of nitrogens with zero attached hydrogens (tertiary/aromatic N) is 1. The van der Waals surface area contributed by atoms with Gasteiger partial charge in [0.15, 0.2) is 6.23 Å². The highest BCUT2D eigenvalue weighted by atomic mass is 16.6. The maximum absolute atomic E-state index is 12.0. The Morgan fingerprint density at radius 2 is 2.14 bits per heavy atom. The van der Waals surface area contributed by atoms with E-state index >= 15 is 0 Å². The Balaban J connectivity index is 2.31. The van der Waals surface area contributed by atoms with Crippen LogP contribution < -0.4 is 11.2 Å². The smallest absolute Gasteiger partial charge is 0.330 e. The second-order valence-corrected chi connectivity index (χ2v) is 5.41. The van der Waals surface area contributed by atoms with Gasteiger partial charge >= 0.3 is 5.69 Å². The molecule has 22 heavy (non-hydrogen) atoms. The van der Waals surface area contributed by atoms with E-state index in [1.165, 1.54) is 10.8 Å². The Labute approximate surface area is 127 Å².